The van der Waals surface area contributed by atoms with Crippen LogP contribution < -0.4 is 16.8 Å². The van der Waals surface area contributed by atoms with Gasteiger partial charge in [-0.1, -0.05) is 48.5 Å². The van der Waals surface area contributed by atoms with Gasteiger partial charge in [-0.15, -0.1) is 0 Å². The van der Waals surface area contributed by atoms with Crippen LogP contribution >= 0.6 is 0 Å². The molecule has 0 unspecified atom stereocenters. The minimum Gasteiger partial charge on any atom is -0.377 e. The number of nitrogens with one attached hydrogen (secondary N) is 1. The minimum atomic E-state index is -1.39. The number of ketones is 1. The topological polar surface area (TPSA) is 107 Å². The third kappa shape index (κ3) is 3.76. The van der Waals surface area contributed by atoms with Crippen molar-refractivity contribution in [1.29, 1.82) is 0 Å². The molecule has 0 fully saturated rings. The lowest BCUT2D eigenvalue weighted by Gasteiger charge is -2.36. The Balaban J connectivity index is 1.62. The molecule has 1 heterocycles. The van der Waals surface area contributed by atoms with Crippen molar-refractivity contribution in [2.75, 3.05) is 6.61 Å². The third-order valence-corrected chi connectivity index (χ3v) is 4.30. The van der Waals surface area contributed by atoms with Gasteiger partial charge < -0.3 is 21.5 Å². The molecule has 25 heavy (non-hydrogen) atoms. The number of Topliss-reactive ketones (excluding diaryl/α,β-unsaturated/α-hetero) is 1. The van der Waals surface area contributed by atoms with Gasteiger partial charge >= 0.3 is 0 Å². The molecule has 2 aromatic rings. The maximum atomic E-state index is 12.6. The van der Waals surface area contributed by atoms with Crippen LogP contribution in [0, 0.1) is 0 Å². The molecule has 0 saturated carbocycles. The molecule has 5 N–H and O–H groups in total. The van der Waals surface area contributed by atoms with Crippen molar-refractivity contribution in [1.82, 2.24) is 5.32 Å². The lowest BCUT2D eigenvalue weighted by Crippen LogP contribution is -2.69. The van der Waals surface area contributed by atoms with E-state index in [0.717, 1.165) is 5.56 Å². The normalized spacial score (nSPS) is 17.1. The van der Waals surface area contributed by atoms with Crippen LogP contribution in [-0.2, 0) is 11.3 Å². The zero-order valence-electron chi connectivity index (χ0n) is 13.8. The summed E-state index contributed by atoms with van der Waals surface area (Å²) in [5, 5.41) is 2.63. The smallest absolute Gasteiger partial charge is 0.252 e. The van der Waals surface area contributed by atoms with E-state index in [1.807, 2.05) is 30.3 Å². The van der Waals surface area contributed by atoms with Crippen LogP contribution in [-0.4, -0.2) is 30.0 Å². The number of rotatable bonds is 6. The number of nitrogens with two attached hydrogens (primary N) is 2. The second-order valence-electron chi connectivity index (χ2n) is 6.22. The lowest BCUT2D eigenvalue weighted by molar-refractivity contribution is 0.0694. The molecule has 130 valence electrons. The first-order valence-electron chi connectivity index (χ1n) is 8.12. The van der Waals surface area contributed by atoms with Crippen LogP contribution in [0.3, 0.4) is 0 Å². The van der Waals surface area contributed by atoms with Crippen LogP contribution in [0.2, 0.25) is 0 Å². The summed E-state index contributed by atoms with van der Waals surface area (Å²) in [4.78, 5) is 24.8. The van der Waals surface area contributed by atoms with Gasteiger partial charge in [-0.25, -0.2) is 0 Å². The van der Waals surface area contributed by atoms with E-state index in [1.165, 1.54) is 0 Å². The molecule has 6 nitrogen and oxygen atoms in total. The van der Waals surface area contributed by atoms with Gasteiger partial charge in [0.1, 0.15) is 6.04 Å². The fourth-order valence-corrected chi connectivity index (χ4v) is 2.86. The summed E-state index contributed by atoms with van der Waals surface area (Å²) in [5.41, 5.74) is 12.6. The number of carbonyl (C=O) groups is 2. The van der Waals surface area contributed by atoms with Crippen LogP contribution in [0.25, 0.3) is 0 Å². The van der Waals surface area contributed by atoms with E-state index in [1.54, 1.807) is 24.3 Å². The molecule has 2 aromatic carbocycles. The van der Waals surface area contributed by atoms with Crippen LogP contribution in [0.5, 0.6) is 0 Å². The molecule has 0 radical (unpaired) electrons. The van der Waals surface area contributed by atoms with Crippen molar-refractivity contribution in [2.24, 2.45) is 11.5 Å². The van der Waals surface area contributed by atoms with Crippen LogP contribution in [0.4, 0.5) is 0 Å². The number of ether oxygens (including phenoxy) is 1. The second kappa shape index (κ2) is 7.14. The van der Waals surface area contributed by atoms with Crippen molar-refractivity contribution in [3.63, 3.8) is 0 Å². The maximum absolute atomic E-state index is 12.6. The summed E-state index contributed by atoms with van der Waals surface area (Å²) in [7, 11) is 0. The first kappa shape index (κ1) is 17.3. The predicted molar refractivity (Wildman–Crippen MR) is 93.8 cm³/mol. The zero-order chi connectivity index (χ0) is 17.9. The number of amides is 1. The minimum absolute atomic E-state index is 0.235. The van der Waals surface area contributed by atoms with Gasteiger partial charge in [0, 0.05) is 12.0 Å². The Morgan fingerprint density at radius 3 is 2.32 bits per heavy atom. The highest BCUT2D eigenvalue weighted by atomic mass is 16.5. The van der Waals surface area contributed by atoms with E-state index < -0.39 is 11.7 Å². The quantitative estimate of drug-likeness (QED) is 0.541. The second-order valence-corrected chi connectivity index (χ2v) is 6.22. The highest BCUT2D eigenvalue weighted by Crippen LogP contribution is 2.21. The Labute approximate surface area is 146 Å². The molecular weight excluding hydrogens is 318 g/mol. The lowest BCUT2D eigenvalue weighted by atomic mass is 9.86. The summed E-state index contributed by atoms with van der Waals surface area (Å²) in [6.07, 6.45) is 0.235. The van der Waals surface area contributed by atoms with E-state index in [4.69, 9.17) is 16.2 Å². The summed E-state index contributed by atoms with van der Waals surface area (Å²) < 4.78 is 5.59. The fourth-order valence-electron chi connectivity index (χ4n) is 2.86. The molecule has 0 spiro atoms. The van der Waals surface area contributed by atoms with Crippen LogP contribution in [0.15, 0.2) is 54.6 Å². The number of hydrogen-bond acceptors (Lipinski definition) is 5. The molecular formula is C19H21N3O3. The molecule has 0 bridgehead atoms. The van der Waals surface area contributed by atoms with Crippen LogP contribution in [0.1, 0.15) is 32.7 Å². The molecule has 1 amide bonds. The predicted octanol–water partition coefficient (Wildman–Crippen LogP) is 1.20. The third-order valence-electron chi connectivity index (χ3n) is 4.30. The van der Waals surface area contributed by atoms with Gasteiger partial charge in [0.15, 0.2) is 5.78 Å². The van der Waals surface area contributed by atoms with E-state index in [-0.39, 0.29) is 24.7 Å². The maximum Gasteiger partial charge on any atom is 0.252 e. The van der Waals surface area contributed by atoms with Gasteiger partial charge in [0.2, 0.25) is 0 Å². The molecule has 6 heteroatoms. The highest BCUT2D eigenvalue weighted by molar-refractivity contribution is 6.15. The van der Waals surface area contributed by atoms with E-state index in [2.05, 4.69) is 5.32 Å². The first-order valence-corrected chi connectivity index (χ1v) is 8.12. The van der Waals surface area contributed by atoms with Crippen molar-refractivity contribution in [3.8, 4) is 0 Å². The summed E-state index contributed by atoms with van der Waals surface area (Å²) >= 11 is 0. The fraction of sp³-hybridized carbons (Fsp3) is 0.263. The number of fused-ring (bicyclic) bond motifs is 1. The Morgan fingerprint density at radius 2 is 1.60 bits per heavy atom. The summed E-state index contributed by atoms with van der Waals surface area (Å²) in [5.74, 6) is -0.617. The molecule has 0 aromatic heterocycles. The van der Waals surface area contributed by atoms with Gasteiger partial charge in [0.25, 0.3) is 5.91 Å². The Kier molecular flexibility index (Phi) is 4.94. The molecule has 1 aliphatic heterocycles. The average molecular weight is 339 g/mol. The Hall–Kier alpha value is -2.54. The largest absolute Gasteiger partial charge is 0.377 e. The van der Waals surface area contributed by atoms with Gasteiger partial charge in [-0.2, -0.15) is 0 Å². The van der Waals surface area contributed by atoms with Crippen molar-refractivity contribution in [3.05, 3.63) is 71.3 Å². The Bertz CT molecular complexity index is 774. The highest BCUT2D eigenvalue weighted by Gasteiger charge is 2.42. The molecule has 1 aliphatic rings. The monoisotopic (exact) mass is 339 g/mol. The number of benzene rings is 2. The standard InChI is InChI=1S/C19H21N3O3/c20-19(21,10-11-25-12-13-6-2-1-3-7-13)17-16(23)14-8-4-5-9-15(14)18(24)22-17/h1-9,17H,10-12,20-21H2,(H,22,24)/t17-/m1/s1. The number of hydrogen-bond donors (Lipinski definition) is 3. The Morgan fingerprint density at radius 1 is 0.960 bits per heavy atom. The molecule has 1 atom stereocenters. The molecule has 0 aliphatic carbocycles. The van der Waals surface area contributed by atoms with Gasteiger partial charge in [0.05, 0.1) is 24.4 Å². The van der Waals surface area contributed by atoms with E-state index in [9.17, 15) is 9.59 Å². The summed E-state index contributed by atoms with van der Waals surface area (Å²) in [6, 6.07) is 15.4. The first-order chi connectivity index (χ1) is 12.0. The molecule has 0 saturated heterocycles. The molecule has 3 rings (SSSR count). The van der Waals surface area contributed by atoms with Crippen molar-refractivity contribution in [2.45, 2.75) is 24.7 Å². The van der Waals surface area contributed by atoms with Gasteiger partial charge in [-0.3, -0.25) is 9.59 Å². The number of carbonyl (C=O) groups excluding carboxylic acids is 2. The van der Waals surface area contributed by atoms with E-state index in [0.29, 0.717) is 17.7 Å². The zero-order valence-corrected chi connectivity index (χ0v) is 13.8. The summed E-state index contributed by atoms with van der Waals surface area (Å²) in [6.45, 7) is 0.716. The van der Waals surface area contributed by atoms with E-state index >= 15 is 0 Å². The SMILES string of the molecule is NC(N)(CCOCc1ccccc1)[C@@H]1NC(=O)c2ccccc2C1=O. The van der Waals surface area contributed by atoms with Crippen molar-refractivity contribution >= 4 is 11.7 Å². The van der Waals surface area contributed by atoms with Gasteiger partial charge in [-0.05, 0) is 11.6 Å². The van der Waals surface area contributed by atoms with Crippen molar-refractivity contribution < 1.29 is 14.3 Å². The average Bonchev–Trinajstić information content (AvgIpc) is 2.63.